The highest BCUT2D eigenvalue weighted by Gasteiger charge is 2.26. The van der Waals surface area contributed by atoms with Crippen molar-refractivity contribution in [2.75, 3.05) is 7.11 Å². The van der Waals surface area contributed by atoms with Crippen molar-refractivity contribution in [3.8, 4) is 0 Å². The summed E-state index contributed by atoms with van der Waals surface area (Å²) in [7, 11) is -2.62. The number of carbonyl (C=O) groups excluding carboxylic acids is 1. The van der Waals surface area contributed by atoms with Gasteiger partial charge in [0.25, 0.3) is 0 Å². The number of furan rings is 1. The molecule has 3 aromatic rings. The van der Waals surface area contributed by atoms with Crippen LogP contribution in [-0.4, -0.2) is 27.5 Å². The lowest BCUT2D eigenvalue weighted by molar-refractivity contribution is 0.0602. The molecular formula is C17H17NO5S2. The van der Waals surface area contributed by atoms with Crippen molar-refractivity contribution in [2.45, 2.75) is 24.3 Å². The number of hydrogen-bond donors (Lipinski definition) is 1. The van der Waals surface area contributed by atoms with Crippen LogP contribution in [0.3, 0.4) is 0 Å². The van der Waals surface area contributed by atoms with E-state index in [1.165, 1.54) is 13.2 Å². The third-order valence-corrected chi connectivity index (χ3v) is 6.29. The van der Waals surface area contributed by atoms with Crippen molar-refractivity contribution in [3.63, 3.8) is 0 Å². The molecule has 0 aliphatic carbocycles. The van der Waals surface area contributed by atoms with E-state index in [2.05, 4.69) is 9.46 Å². The molecule has 0 aliphatic rings. The van der Waals surface area contributed by atoms with Gasteiger partial charge in [-0.15, -0.1) is 11.3 Å². The minimum atomic E-state index is -3.83. The van der Waals surface area contributed by atoms with E-state index in [-0.39, 0.29) is 9.77 Å². The molecule has 132 valence electrons. The number of ether oxygens (including phenoxy) is 1. The van der Waals surface area contributed by atoms with E-state index in [9.17, 15) is 13.2 Å². The smallest absolute Gasteiger partial charge is 0.349 e. The number of carbonyl (C=O) groups is 1. The van der Waals surface area contributed by atoms with Crippen molar-refractivity contribution in [3.05, 3.63) is 52.4 Å². The number of methoxy groups -OCH3 is 1. The van der Waals surface area contributed by atoms with Crippen LogP contribution < -0.4 is 4.72 Å². The number of sulfonamides is 1. The molecule has 0 saturated heterocycles. The highest BCUT2D eigenvalue weighted by molar-refractivity contribution is 7.89. The number of benzene rings is 1. The second-order valence-corrected chi connectivity index (χ2v) is 8.18. The molecule has 8 heteroatoms. The topological polar surface area (TPSA) is 85.6 Å². The van der Waals surface area contributed by atoms with Gasteiger partial charge in [0.05, 0.1) is 7.11 Å². The van der Waals surface area contributed by atoms with Crippen molar-refractivity contribution in [2.24, 2.45) is 0 Å². The van der Waals surface area contributed by atoms with E-state index >= 15 is 0 Å². The predicted molar refractivity (Wildman–Crippen MR) is 95.4 cm³/mol. The van der Waals surface area contributed by atoms with Gasteiger partial charge in [-0.3, -0.25) is 0 Å². The minimum Gasteiger partial charge on any atom is -0.465 e. The van der Waals surface area contributed by atoms with Gasteiger partial charge < -0.3 is 9.15 Å². The molecule has 6 nitrogen and oxygen atoms in total. The molecule has 0 fully saturated rings. The molecule has 1 aromatic carbocycles. The highest BCUT2D eigenvalue weighted by atomic mass is 32.2. The molecule has 1 N–H and O–H groups in total. The Morgan fingerprint density at radius 2 is 2.08 bits per heavy atom. The van der Waals surface area contributed by atoms with Crippen LogP contribution in [0.4, 0.5) is 0 Å². The van der Waals surface area contributed by atoms with Gasteiger partial charge >= 0.3 is 5.97 Å². The summed E-state index contributed by atoms with van der Waals surface area (Å²) in [5, 5.41) is 2.52. The van der Waals surface area contributed by atoms with Gasteiger partial charge in [-0.25, -0.2) is 17.9 Å². The maximum absolute atomic E-state index is 12.6. The van der Waals surface area contributed by atoms with Gasteiger partial charge in [0.2, 0.25) is 10.0 Å². The first-order chi connectivity index (χ1) is 11.9. The predicted octanol–water partition coefficient (Wildman–Crippen LogP) is 3.19. The number of hydrogen-bond acceptors (Lipinski definition) is 6. The number of para-hydroxylation sites is 1. The fourth-order valence-corrected chi connectivity index (χ4v) is 5.14. The number of fused-ring (bicyclic) bond motifs is 1. The lowest BCUT2D eigenvalue weighted by atomic mass is 10.2. The summed E-state index contributed by atoms with van der Waals surface area (Å²) in [6.07, 6.45) is 0.394. The molecule has 0 amide bonds. The van der Waals surface area contributed by atoms with E-state index in [4.69, 9.17) is 4.42 Å². The maximum atomic E-state index is 12.6. The van der Waals surface area contributed by atoms with E-state index in [1.807, 2.05) is 30.3 Å². The molecule has 1 unspecified atom stereocenters. The Morgan fingerprint density at radius 3 is 2.80 bits per heavy atom. The summed E-state index contributed by atoms with van der Waals surface area (Å²) in [6, 6.07) is 10.5. The fraction of sp³-hybridized carbons (Fsp3) is 0.235. The van der Waals surface area contributed by atoms with Gasteiger partial charge in [0.15, 0.2) is 0 Å². The molecule has 2 heterocycles. The summed E-state index contributed by atoms with van der Waals surface area (Å²) < 4.78 is 38.1. The molecule has 2 aromatic heterocycles. The first-order valence-corrected chi connectivity index (χ1v) is 9.92. The Bertz CT molecular complexity index is 970. The third kappa shape index (κ3) is 3.76. The molecule has 3 rings (SSSR count). The second kappa shape index (κ2) is 6.99. The lowest BCUT2D eigenvalue weighted by Crippen LogP contribution is -2.34. The zero-order chi connectivity index (χ0) is 18.0. The third-order valence-electron chi connectivity index (χ3n) is 3.63. The second-order valence-electron chi connectivity index (χ2n) is 5.58. The first-order valence-electron chi connectivity index (χ1n) is 7.56. The molecule has 1 atom stereocenters. The summed E-state index contributed by atoms with van der Waals surface area (Å²) in [5.74, 6) is 0.0234. The van der Waals surface area contributed by atoms with E-state index in [0.29, 0.717) is 12.2 Å². The molecule has 0 aliphatic heterocycles. The summed E-state index contributed by atoms with van der Waals surface area (Å²) >= 11 is 1.03. The van der Waals surface area contributed by atoms with Crippen LogP contribution in [0.25, 0.3) is 11.0 Å². The van der Waals surface area contributed by atoms with Crippen LogP contribution in [0.15, 0.2) is 51.1 Å². The van der Waals surface area contributed by atoms with Crippen LogP contribution in [-0.2, 0) is 21.2 Å². The van der Waals surface area contributed by atoms with Crippen LogP contribution in [0.2, 0.25) is 0 Å². The quantitative estimate of drug-likeness (QED) is 0.665. The van der Waals surface area contributed by atoms with Crippen LogP contribution in [0.1, 0.15) is 22.4 Å². The Balaban J connectivity index is 1.76. The normalized spacial score (nSPS) is 13.0. The van der Waals surface area contributed by atoms with Gasteiger partial charge in [-0.1, -0.05) is 18.2 Å². The van der Waals surface area contributed by atoms with Crippen molar-refractivity contribution in [1.82, 2.24) is 4.72 Å². The Hall–Kier alpha value is -2.16. The molecular weight excluding hydrogens is 362 g/mol. The fourth-order valence-electron chi connectivity index (χ4n) is 2.56. The van der Waals surface area contributed by atoms with Gasteiger partial charge in [0, 0.05) is 17.8 Å². The highest BCUT2D eigenvalue weighted by Crippen LogP contribution is 2.24. The molecule has 25 heavy (non-hydrogen) atoms. The average Bonchev–Trinajstić information content (AvgIpc) is 3.19. The average molecular weight is 379 g/mol. The first kappa shape index (κ1) is 17.7. The monoisotopic (exact) mass is 379 g/mol. The Kier molecular flexibility index (Phi) is 4.94. The molecule has 0 radical (unpaired) electrons. The van der Waals surface area contributed by atoms with Crippen molar-refractivity contribution in [1.29, 1.82) is 0 Å². The SMILES string of the molecule is COC(=O)c1sccc1S(=O)(=O)NC(C)Cc1cc2ccccc2o1. The lowest BCUT2D eigenvalue weighted by Gasteiger charge is -2.13. The van der Waals surface area contributed by atoms with Crippen LogP contribution in [0, 0.1) is 0 Å². The van der Waals surface area contributed by atoms with Crippen molar-refractivity contribution >= 4 is 38.3 Å². The van der Waals surface area contributed by atoms with E-state index in [0.717, 1.165) is 22.3 Å². The molecule has 0 bridgehead atoms. The van der Waals surface area contributed by atoms with Gasteiger partial charge in [-0.05, 0) is 30.5 Å². The summed E-state index contributed by atoms with van der Waals surface area (Å²) in [5.41, 5.74) is 0.762. The summed E-state index contributed by atoms with van der Waals surface area (Å²) in [6.45, 7) is 1.74. The summed E-state index contributed by atoms with van der Waals surface area (Å²) in [4.78, 5) is 11.7. The Labute approximate surface area is 149 Å². The number of nitrogens with one attached hydrogen (secondary N) is 1. The Morgan fingerprint density at radius 1 is 1.32 bits per heavy atom. The van der Waals surface area contributed by atoms with Gasteiger partial charge in [0.1, 0.15) is 21.1 Å². The largest absolute Gasteiger partial charge is 0.465 e. The molecule has 0 spiro atoms. The van der Waals surface area contributed by atoms with Gasteiger partial charge in [-0.2, -0.15) is 0 Å². The minimum absolute atomic E-state index is 0.0611. The van der Waals surface area contributed by atoms with E-state index in [1.54, 1.807) is 12.3 Å². The standard InChI is InChI=1S/C17H17NO5S2/c1-11(9-13-10-12-5-3-4-6-14(12)23-13)18-25(20,21)15-7-8-24-16(15)17(19)22-2/h3-8,10-11,18H,9H2,1-2H3. The maximum Gasteiger partial charge on any atom is 0.349 e. The van der Waals surface area contributed by atoms with E-state index < -0.39 is 22.0 Å². The zero-order valence-corrected chi connectivity index (χ0v) is 15.3. The number of rotatable bonds is 6. The number of thiophene rings is 1. The number of esters is 1. The van der Waals surface area contributed by atoms with Crippen LogP contribution >= 0.6 is 11.3 Å². The zero-order valence-electron chi connectivity index (χ0n) is 13.7. The van der Waals surface area contributed by atoms with Crippen LogP contribution in [0.5, 0.6) is 0 Å². The molecule has 0 saturated carbocycles. The van der Waals surface area contributed by atoms with Crippen molar-refractivity contribution < 1.29 is 22.4 Å².